The lowest BCUT2D eigenvalue weighted by Crippen LogP contribution is -2.41. The third-order valence-electron chi connectivity index (χ3n) is 5.27. The molecule has 2 atom stereocenters. The van der Waals surface area contributed by atoms with E-state index in [0.717, 1.165) is 28.8 Å². The number of hydrogen-bond donors (Lipinski definition) is 3. The van der Waals surface area contributed by atoms with Crippen molar-refractivity contribution in [3.63, 3.8) is 0 Å². The van der Waals surface area contributed by atoms with Gasteiger partial charge in [-0.05, 0) is 50.3 Å². The maximum absolute atomic E-state index is 12.1. The SMILES string of the molecule is CCNC(=NCC(c1ccc(Cl)cc1)N(C)C)NCC1CC(=O)Nc2ccccc21.I. The molecule has 1 aliphatic heterocycles. The standard InChI is InChI=1S/C23H30ClN5O.HI/c1-4-25-23(27-15-21(29(2)3)16-9-11-18(24)12-10-16)26-14-17-13-22(30)28-20-8-6-5-7-19(17)20;/h5-12,17,21H,4,13-15H2,1-3H3,(H,28,30)(H2,25,26,27);1H. The minimum absolute atomic E-state index is 0. The summed E-state index contributed by atoms with van der Waals surface area (Å²) in [5.41, 5.74) is 3.23. The molecule has 0 aromatic heterocycles. The topological polar surface area (TPSA) is 68.8 Å². The monoisotopic (exact) mass is 555 g/mol. The van der Waals surface area contributed by atoms with Crippen molar-refractivity contribution in [3.05, 3.63) is 64.7 Å². The number of para-hydroxylation sites is 1. The molecular formula is C23H31ClIN5O. The van der Waals surface area contributed by atoms with Gasteiger partial charge in [0.1, 0.15) is 0 Å². The first kappa shape index (κ1) is 25.4. The number of hydrogen-bond acceptors (Lipinski definition) is 3. The number of carbonyl (C=O) groups is 1. The molecule has 31 heavy (non-hydrogen) atoms. The normalized spacial score (nSPS) is 16.7. The summed E-state index contributed by atoms with van der Waals surface area (Å²) in [4.78, 5) is 19.0. The van der Waals surface area contributed by atoms with Crippen molar-refractivity contribution in [2.75, 3.05) is 39.0 Å². The predicted octanol–water partition coefficient (Wildman–Crippen LogP) is 4.24. The fourth-order valence-electron chi connectivity index (χ4n) is 3.68. The second-order valence-corrected chi connectivity index (χ2v) is 8.10. The molecule has 2 unspecified atom stereocenters. The molecule has 0 saturated carbocycles. The molecule has 2 aromatic carbocycles. The number of guanidine groups is 1. The van der Waals surface area contributed by atoms with Gasteiger partial charge in [0.25, 0.3) is 0 Å². The van der Waals surface area contributed by atoms with E-state index in [1.54, 1.807) is 0 Å². The van der Waals surface area contributed by atoms with Gasteiger partial charge in [0.15, 0.2) is 5.96 Å². The fraction of sp³-hybridized carbons (Fsp3) is 0.391. The van der Waals surface area contributed by atoms with E-state index in [4.69, 9.17) is 16.6 Å². The van der Waals surface area contributed by atoms with Crippen LogP contribution in [-0.4, -0.2) is 50.5 Å². The Morgan fingerprint density at radius 1 is 1.19 bits per heavy atom. The Morgan fingerprint density at radius 2 is 1.90 bits per heavy atom. The average molecular weight is 556 g/mol. The van der Waals surface area contributed by atoms with Crippen LogP contribution in [0.15, 0.2) is 53.5 Å². The van der Waals surface area contributed by atoms with Crippen LogP contribution < -0.4 is 16.0 Å². The highest BCUT2D eigenvalue weighted by Crippen LogP contribution is 2.31. The third kappa shape index (κ3) is 7.08. The Labute approximate surface area is 206 Å². The summed E-state index contributed by atoms with van der Waals surface area (Å²) >= 11 is 6.04. The molecule has 168 valence electrons. The van der Waals surface area contributed by atoms with Gasteiger partial charge in [-0.1, -0.05) is 41.9 Å². The number of amides is 1. The van der Waals surface area contributed by atoms with E-state index in [9.17, 15) is 4.79 Å². The number of rotatable bonds is 7. The Hall–Kier alpha value is -1.84. The molecule has 0 bridgehead atoms. The van der Waals surface area contributed by atoms with Crippen LogP contribution in [0.4, 0.5) is 5.69 Å². The number of carbonyl (C=O) groups excluding carboxylic acids is 1. The van der Waals surface area contributed by atoms with Crippen molar-refractivity contribution in [1.82, 2.24) is 15.5 Å². The van der Waals surface area contributed by atoms with Gasteiger partial charge in [-0.25, -0.2) is 0 Å². The van der Waals surface area contributed by atoms with E-state index >= 15 is 0 Å². The lowest BCUT2D eigenvalue weighted by Gasteiger charge is -2.27. The van der Waals surface area contributed by atoms with E-state index in [0.29, 0.717) is 19.5 Å². The molecule has 1 aliphatic rings. The van der Waals surface area contributed by atoms with E-state index in [2.05, 4.69) is 26.9 Å². The maximum Gasteiger partial charge on any atom is 0.225 e. The van der Waals surface area contributed by atoms with E-state index in [1.165, 1.54) is 5.56 Å². The van der Waals surface area contributed by atoms with Crippen molar-refractivity contribution in [2.45, 2.75) is 25.3 Å². The van der Waals surface area contributed by atoms with Gasteiger partial charge in [0, 0.05) is 36.1 Å². The maximum atomic E-state index is 12.1. The Bertz CT molecular complexity index is 888. The zero-order chi connectivity index (χ0) is 21.5. The number of likely N-dealkylation sites (N-methyl/N-ethyl adjacent to an activating group) is 1. The summed E-state index contributed by atoms with van der Waals surface area (Å²) in [6, 6.07) is 16.0. The predicted molar refractivity (Wildman–Crippen MR) is 140 cm³/mol. The van der Waals surface area contributed by atoms with Gasteiger partial charge >= 0.3 is 0 Å². The lowest BCUT2D eigenvalue weighted by molar-refractivity contribution is -0.116. The van der Waals surface area contributed by atoms with E-state index < -0.39 is 0 Å². The van der Waals surface area contributed by atoms with Gasteiger partial charge in [-0.2, -0.15) is 0 Å². The summed E-state index contributed by atoms with van der Waals surface area (Å²) in [5, 5.41) is 10.4. The molecule has 6 nitrogen and oxygen atoms in total. The first-order chi connectivity index (χ1) is 14.5. The largest absolute Gasteiger partial charge is 0.357 e. The van der Waals surface area contributed by atoms with Crippen LogP contribution in [0.3, 0.4) is 0 Å². The zero-order valence-electron chi connectivity index (χ0n) is 18.2. The van der Waals surface area contributed by atoms with Crippen LogP contribution >= 0.6 is 35.6 Å². The quantitative estimate of drug-likeness (QED) is 0.272. The summed E-state index contributed by atoms with van der Waals surface area (Å²) in [6.45, 7) is 4.06. The zero-order valence-corrected chi connectivity index (χ0v) is 21.3. The number of nitrogens with one attached hydrogen (secondary N) is 3. The van der Waals surface area contributed by atoms with Gasteiger partial charge in [0.2, 0.25) is 5.91 Å². The first-order valence-electron chi connectivity index (χ1n) is 10.3. The molecule has 2 aromatic rings. The van der Waals surface area contributed by atoms with Crippen molar-refractivity contribution in [3.8, 4) is 0 Å². The number of benzene rings is 2. The smallest absolute Gasteiger partial charge is 0.225 e. The van der Waals surface area contributed by atoms with Crippen LogP contribution in [0.25, 0.3) is 0 Å². The lowest BCUT2D eigenvalue weighted by atomic mass is 9.90. The van der Waals surface area contributed by atoms with Gasteiger partial charge in [0.05, 0.1) is 12.6 Å². The van der Waals surface area contributed by atoms with Crippen LogP contribution in [0.5, 0.6) is 0 Å². The summed E-state index contributed by atoms with van der Waals surface area (Å²) in [6.07, 6.45) is 0.467. The summed E-state index contributed by atoms with van der Waals surface area (Å²) in [5.74, 6) is 0.916. The molecule has 1 heterocycles. The molecular weight excluding hydrogens is 525 g/mol. The molecule has 8 heteroatoms. The number of nitrogens with zero attached hydrogens (tertiary/aromatic N) is 2. The molecule has 1 amide bonds. The second-order valence-electron chi connectivity index (χ2n) is 7.67. The second kappa shape index (κ2) is 12.3. The molecule has 0 fully saturated rings. The number of halogens is 2. The minimum atomic E-state index is 0. The van der Waals surface area contributed by atoms with Crippen molar-refractivity contribution >= 4 is 53.1 Å². The molecule has 3 N–H and O–H groups in total. The fourth-order valence-corrected chi connectivity index (χ4v) is 3.80. The van der Waals surface area contributed by atoms with Crippen LogP contribution in [0.1, 0.15) is 36.4 Å². The summed E-state index contributed by atoms with van der Waals surface area (Å²) < 4.78 is 0. The molecule has 0 saturated heterocycles. The Balaban J connectivity index is 0.00000341. The van der Waals surface area contributed by atoms with Gasteiger partial charge in [-0.15, -0.1) is 24.0 Å². The Kier molecular flexibility index (Phi) is 10.1. The van der Waals surface area contributed by atoms with Crippen LogP contribution in [0.2, 0.25) is 5.02 Å². The number of fused-ring (bicyclic) bond motifs is 1. The highest BCUT2D eigenvalue weighted by Gasteiger charge is 2.24. The number of aliphatic imine (C=N–C) groups is 1. The molecule has 3 rings (SSSR count). The van der Waals surface area contributed by atoms with E-state index in [1.807, 2.05) is 63.5 Å². The highest BCUT2D eigenvalue weighted by molar-refractivity contribution is 14.0. The van der Waals surface area contributed by atoms with Gasteiger partial charge < -0.3 is 20.9 Å². The summed E-state index contributed by atoms with van der Waals surface area (Å²) in [7, 11) is 4.10. The highest BCUT2D eigenvalue weighted by atomic mass is 127. The Morgan fingerprint density at radius 3 is 2.58 bits per heavy atom. The average Bonchev–Trinajstić information content (AvgIpc) is 2.72. The molecule has 0 aliphatic carbocycles. The van der Waals surface area contributed by atoms with Crippen LogP contribution in [-0.2, 0) is 4.79 Å². The van der Waals surface area contributed by atoms with Crippen molar-refractivity contribution < 1.29 is 4.79 Å². The minimum Gasteiger partial charge on any atom is -0.357 e. The number of anilines is 1. The molecule has 0 spiro atoms. The van der Waals surface area contributed by atoms with Gasteiger partial charge in [-0.3, -0.25) is 9.79 Å². The van der Waals surface area contributed by atoms with Crippen molar-refractivity contribution in [2.24, 2.45) is 4.99 Å². The first-order valence-corrected chi connectivity index (χ1v) is 10.7. The van der Waals surface area contributed by atoms with Crippen molar-refractivity contribution in [1.29, 1.82) is 0 Å². The third-order valence-corrected chi connectivity index (χ3v) is 5.52. The van der Waals surface area contributed by atoms with E-state index in [-0.39, 0.29) is 41.8 Å². The van der Waals surface area contributed by atoms with Crippen LogP contribution in [0, 0.1) is 0 Å². The molecule has 0 radical (unpaired) electrons.